The third kappa shape index (κ3) is 3.33. The second-order valence-electron chi connectivity index (χ2n) is 4.53. The molecule has 1 aliphatic rings. The third-order valence-corrected chi connectivity index (χ3v) is 3.31. The molecule has 0 bridgehead atoms. The Hall–Kier alpha value is -1.29. The van der Waals surface area contributed by atoms with Crippen LogP contribution in [0.25, 0.3) is 0 Å². The molecule has 4 nitrogen and oxygen atoms in total. The van der Waals surface area contributed by atoms with Crippen molar-refractivity contribution in [2.75, 3.05) is 37.3 Å². The fraction of sp³-hybridized carbons (Fsp3) is 0.615. The van der Waals surface area contributed by atoms with E-state index >= 15 is 0 Å². The molecule has 1 atom stereocenters. The maximum Gasteiger partial charge on any atom is 0.128 e. The van der Waals surface area contributed by atoms with Gasteiger partial charge in [0, 0.05) is 19.6 Å². The molecule has 1 unspecified atom stereocenters. The second-order valence-corrected chi connectivity index (χ2v) is 4.53. The van der Waals surface area contributed by atoms with Gasteiger partial charge < -0.3 is 15.5 Å². The first-order chi connectivity index (χ1) is 8.31. The van der Waals surface area contributed by atoms with Gasteiger partial charge in [-0.15, -0.1) is 0 Å². The summed E-state index contributed by atoms with van der Waals surface area (Å²) in [6.07, 6.45) is 2.51. The van der Waals surface area contributed by atoms with Gasteiger partial charge in [-0.3, -0.25) is 0 Å². The molecule has 2 heterocycles. The summed E-state index contributed by atoms with van der Waals surface area (Å²) in [5.74, 6) is 1.89. The number of hydrogen-bond donors (Lipinski definition) is 2. The molecule has 0 radical (unpaired) electrons. The smallest absolute Gasteiger partial charge is 0.128 e. The topological polar surface area (TPSA) is 40.2 Å². The maximum absolute atomic E-state index is 4.50. The number of likely N-dealkylation sites (N-methyl/N-ethyl adjacent to an activating group) is 1. The van der Waals surface area contributed by atoms with Gasteiger partial charge in [-0.05, 0) is 38.1 Å². The highest BCUT2D eigenvalue weighted by Crippen LogP contribution is 2.15. The van der Waals surface area contributed by atoms with Crippen molar-refractivity contribution in [3.8, 4) is 0 Å². The molecular formula is C13H22N4. The molecule has 94 valence electrons. The molecule has 0 amide bonds. The van der Waals surface area contributed by atoms with Crippen molar-refractivity contribution in [3.05, 3.63) is 18.2 Å². The van der Waals surface area contributed by atoms with Gasteiger partial charge in [0.2, 0.25) is 0 Å². The van der Waals surface area contributed by atoms with Gasteiger partial charge in [0.25, 0.3) is 0 Å². The first-order valence-corrected chi connectivity index (χ1v) is 6.45. The van der Waals surface area contributed by atoms with E-state index in [1.165, 1.54) is 19.4 Å². The minimum Gasteiger partial charge on any atom is -0.373 e. The fourth-order valence-electron chi connectivity index (χ4n) is 2.32. The Kier molecular flexibility index (Phi) is 4.20. The summed E-state index contributed by atoms with van der Waals surface area (Å²) >= 11 is 0. The molecule has 2 rings (SSSR count). The zero-order valence-electron chi connectivity index (χ0n) is 10.7. The first-order valence-electron chi connectivity index (χ1n) is 6.45. The Bertz CT molecular complexity index is 353. The molecule has 1 fully saturated rings. The van der Waals surface area contributed by atoms with Crippen LogP contribution >= 0.6 is 0 Å². The number of anilines is 2. The average Bonchev–Trinajstić information content (AvgIpc) is 2.39. The number of aromatic nitrogens is 1. The van der Waals surface area contributed by atoms with Gasteiger partial charge in [-0.1, -0.05) is 13.0 Å². The fourth-order valence-corrected chi connectivity index (χ4v) is 2.32. The van der Waals surface area contributed by atoms with Gasteiger partial charge in [-0.2, -0.15) is 0 Å². The van der Waals surface area contributed by atoms with E-state index in [2.05, 4.69) is 27.4 Å². The Morgan fingerprint density at radius 1 is 1.41 bits per heavy atom. The molecule has 0 saturated carbocycles. The predicted molar refractivity (Wildman–Crippen MR) is 72.5 cm³/mol. The maximum atomic E-state index is 4.50. The van der Waals surface area contributed by atoms with E-state index in [1.807, 2.05) is 25.2 Å². The van der Waals surface area contributed by atoms with Crippen LogP contribution in [0.15, 0.2) is 18.2 Å². The lowest BCUT2D eigenvalue weighted by Gasteiger charge is -2.32. The summed E-state index contributed by atoms with van der Waals surface area (Å²) in [7, 11) is 1.89. The Morgan fingerprint density at radius 2 is 2.24 bits per heavy atom. The molecule has 1 aromatic rings. The Morgan fingerprint density at radius 3 is 3.00 bits per heavy atom. The van der Waals surface area contributed by atoms with Gasteiger partial charge in [-0.25, -0.2) is 4.98 Å². The van der Waals surface area contributed by atoms with Crippen LogP contribution in [0.2, 0.25) is 0 Å². The van der Waals surface area contributed by atoms with E-state index in [-0.39, 0.29) is 0 Å². The standard InChI is InChI=1S/C13H22N4/c1-3-17-9-5-6-11(10-17)15-13-8-4-7-12(14-2)16-13/h4,7-8,11H,3,5-6,9-10H2,1-2H3,(H2,14,15,16). The number of nitrogens with zero attached hydrogens (tertiary/aromatic N) is 2. The van der Waals surface area contributed by atoms with E-state index in [0.29, 0.717) is 6.04 Å². The SMILES string of the molecule is CCN1CCCC(Nc2cccc(NC)n2)C1. The van der Waals surface area contributed by atoms with E-state index in [4.69, 9.17) is 0 Å². The number of piperidine rings is 1. The zero-order valence-corrected chi connectivity index (χ0v) is 10.7. The van der Waals surface area contributed by atoms with Crippen molar-refractivity contribution >= 4 is 11.6 Å². The number of pyridine rings is 1. The quantitative estimate of drug-likeness (QED) is 0.836. The van der Waals surface area contributed by atoms with E-state index < -0.39 is 0 Å². The molecule has 1 saturated heterocycles. The van der Waals surface area contributed by atoms with Crippen LogP contribution in [-0.2, 0) is 0 Å². The average molecular weight is 234 g/mol. The summed E-state index contributed by atoms with van der Waals surface area (Å²) in [4.78, 5) is 6.98. The van der Waals surface area contributed by atoms with Gasteiger partial charge in [0.15, 0.2) is 0 Å². The normalized spacial score (nSPS) is 21.2. The van der Waals surface area contributed by atoms with Crippen molar-refractivity contribution in [1.82, 2.24) is 9.88 Å². The van der Waals surface area contributed by atoms with E-state index in [9.17, 15) is 0 Å². The van der Waals surface area contributed by atoms with Crippen molar-refractivity contribution in [3.63, 3.8) is 0 Å². The van der Waals surface area contributed by atoms with Crippen LogP contribution in [0.3, 0.4) is 0 Å². The number of rotatable bonds is 4. The largest absolute Gasteiger partial charge is 0.373 e. The minimum absolute atomic E-state index is 0.531. The van der Waals surface area contributed by atoms with Crippen LogP contribution in [0.4, 0.5) is 11.6 Å². The molecule has 0 spiro atoms. The summed E-state index contributed by atoms with van der Waals surface area (Å²) in [5.41, 5.74) is 0. The van der Waals surface area contributed by atoms with Crippen LogP contribution < -0.4 is 10.6 Å². The van der Waals surface area contributed by atoms with Crippen molar-refractivity contribution < 1.29 is 0 Å². The highest BCUT2D eigenvalue weighted by Gasteiger charge is 2.18. The molecule has 0 aliphatic carbocycles. The number of likely N-dealkylation sites (tertiary alicyclic amines) is 1. The van der Waals surface area contributed by atoms with Crippen LogP contribution in [0.1, 0.15) is 19.8 Å². The predicted octanol–water partition coefficient (Wildman–Crippen LogP) is 2.02. The Labute approximate surface area is 103 Å². The first kappa shape index (κ1) is 12.2. The van der Waals surface area contributed by atoms with Gasteiger partial charge in [0.05, 0.1) is 0 Å². The van der Waals surface area contributed by atoms with Gasteiger partial charge >= 0.3 is 0 Å². The molecule has 0 aromatic carbocycles. The minimum atomic E-state index is 0.531. The summed E-state index contributed by atoms with van der Waals surface area (Å²) in [6.45, 7) is 5.73. The van der Waals surface area contributed by atoms with Crippen LogP contribution in [0.5, 0.6) is 0 Å². The Balaban J connectivity index is 1.95. The summed E-state index contributed by atoms with van der Waals surface area (Å²) < 4.78 is 0. The molecule has 1 aliphatic heterocycles. The van der Waals surface area contributed by atoms with Crippen molar-refractivity contribution in [2.24, 2.45) is 0 Å². The summed E-state index contributed by atoms with van der Waals surface area (Å²) in [6, 6.07) is 6.57. The zero-order chi connectivity index (χ0) is 12.1. The highest BCUT2D eigenvalue weighted by molar-refractivity contribution is 5.45. The lowest BCUT2D eigenvalue weighted by molar-refractivity contribution is 0.226. The van der Waals surface area contributed by atoms with Crippen molar-refractivity contribution in [2.45, 2.75) is 25.8 Å². The third-order valence-electron chi connectivity index (χ3n) is 3.31. The lowest BCUT2D eigenvalue weighted by Crippen LogP contribution is -2.41. The second kappa shape index (κ2) is 5.87. The molecular weight excluding hydrogens is 212 g/mol. The molecule has 4 heteroatoms. The van der Waals surface area contributed by atoms with Crippen LogP contribution in [0, 0.1) is 0 Å². The number of hydrogen-bond acceptors (Lipinski definition) is 4. The van der Waals surface area contributed by atoms with Gasteiger partial charge in [0.1, 0.15) is 11.6 Å². The monoisotopic (exact) mass is 234 g/mol. The number of nitrogens with one attached hydrogen (secondary N) is 2. The van der Waals surface area contributed by atoms with E-state index in [1.54, 1.807) is 0 Å². The summed E-state index contributed by atoms with van der Waals surface area (Å²) in [5, 5.41) is 6.59. The molecule has 1 aromatic heterocycles. The highest BCUT2D eigenvalue weighted by atomic mass is 15.2. The lowest BCUT2D eigenvalue weighted by atomic mass is 10.1. The molecule has 17 heavy (non-hydrogen) atoms. The van der Waals surface area contributed by atoms with Crippen molar-refractivity contribution in [1.29, 1.82) is 0 Å². The van der Waals surface area contributed by atoms with Crippen LogP contribution in [-0.4, -0.2) is 42.6 Å². The van der Waals surface area contributed by atoms with E-state index in [0.717, 1.165) is 24.7 Å². The molecule has 2 N–H and O–H groups in total.